The molecule has 0 spiro atoms. The Balaban J connectivity index is 2.32. The zero-order valence-electron chi connectivity index (χ0n) is 11.8. The van der Waals surface area contributed by atoms with Crippen molar-refractivity contribution in [2.24, 2.45) is 0 Å². The Labute approximate surface area is 131 Å². The Morgan fingerprint density at radius 3 is 2.26 bits per heavy atom. The summed E-state index contributed by atoms with van der Waals surface area (Å²) in [6.07, 6.45) is -4.64. The molecule has 0 aliphatic carbocycles. The fourth-order valence-electron chi connectivity index (χ4n) is 1.99. The lowest BCUT2D eigenvalue weighted by Gasteiger charge is -2.17. The molecular formula is C15H14F3NO3S. The Kier molecular flexibility index (Phi) is 5.08. The normalized spacial score (nSPS) is 13.7. The van der Waals surface area contributed by atoms with Crippen LogP contribution < -0.4 is 4.72 Å². The monoisotopic (exact) mass is 345 g/mol. The lowest BCUT2D eigenvalue weighted by atomic mass is 10.1. The van der Waals surface area contributed by atoms with E-state index in [0.29, 0.717) is 11.6 Å². The summed E-state index contributed by atoms with van der Waals surface area (Å²) < 4.78 is 64.8. The summed E-state index contributed by atoms with van der Waals surface area (Å²) >= 11 is 0. The van der Waals surface area contributed by atoms with Gasteiger partial charge in [0.25, 0.3) is 0 Å². The molecule has 0 aromatic heterocycles. The van der Waals surface area contributed by atoms with Crippen molar-refractivity contribution >= 4 is 10.0 Å². The van der Waals surface area contributed by atoms with Gasteiger partial charge in [-0.2, -0.15) is 13.2 Å². The van der Waals surface area contributed by atoms with Crippen LogP contribution in [0.25, 0.3) is 0 Å². The van der Waals surface area contributed by atoms with Crippen LogP contribution in [0.5, 0.6) is 0 Å². The molecule has 1 atom stereocenters. The molecule has 0 aliphatic heterocycles. The van der Waals surface area contributed by atoms with Gasteiger partial charge in [-0.3, -0.25) is 0 Å². The summed E-state index contributed by atoms with van der Waals surface area (Å²) in [7, 11) is -4.21. The first-order valence-corrected chi connectivity index (χ1v) is 8.08. The van der Waals surface area contributed by atoms with E-state index in [1.165, 1.54) is 0 Å². The van der Waals surface area contributed by atoms with Gasteiger partial charge in [0.05, 0.1) is 23.1 Å². The molecular weight excluding hydrogens is 331 g/mol. The second-order valence-electron chi connectivity index (χ2n) is 4.79. The highest BCUT2D eigenvalue weighted by molar-refractivity contribution is 7.89. The fourth-order valence-corrected chi connectivity index (χ4v) is 3.25. The molecule has 0 saturated carbocycles. The highest BCUT2D eigenvalue weighted by Gasteiger charge is 2.32. The van der Waals surface area contributed by atoms with Crippen LogP contribution in [0.1, 0.15) is 17.2 Å². The number of rotatable bonds is 5. The van der Waals surface area contributed by atoms with Gasteiger partial charge >= 0.3 is 6.18 Å². The average molecular weight is 345 g/mol. The summed E-state index contributed by atoms with van der Waals surface area (Å²) in [5.41, 5.74) is -0.550. The number of nitrogens with one attached hydrogen (secondary N) is 1. The largest absolute Gasteiger partial charge is 0.416 e. The van der Waals surface area contributed by atoms with Crippen molar-refractivity contribution in [1.29, 1.82) is 0 Å². The quantitative estimate of drug-likeness (QED) is 0.876. The average Bonchev–Trinajstić information content (AvgIpc) is 2.53. The van der Waals surface area contributed by atoms with E-state index in [1.54, 1.807) is 30.3 Å². The third-order valence-electron chi connectivity index (χ3n) is 3.15. The third kappa shape index (κ3) is 4.31. The number of hydrogen-bond donors (Lipinski definition) is 2. The van der Waals surface area contributed by atoms with Crippen molar-refractivity contribution in [3.63, 3.8) is 0 Å². The van der Waals surface area contributed by atoms with Gasteiger partial charge in [-0.1, -0.05) is 36.4 Å². The summed E-state index contributed by atoms with van der Waals surface area (Å²) in [5, 5.41) is 9.37. The van der Waals surface area contributed by atoms with Gasteiger partial charge in [-0.15, -0.1) is 0 Å². The van der Waals surface area contributed by atoms with Crippen LogP contribution in [-0.2, 0) is 16.2 Å². The molecule has 2 aromatic carbocycles. The minimum atomic E-state index is -4.64. The molecule has 0 amide bonds. The summed E-state index contributed by atoms with van der Waals surface area (Å²) in [6.45, 7) is -0.526. The van der Waals surface area contributed by atoms with Crippen LogP contribution >= 0.6 is 0 Å². The second-order valence-corrected chi connectivity index (χ2v) is 6.51. The molecule has 124 valence electrons. The lowest BCUT2D eigenvalue weighted by Crippen LogP contribution is -2.31. The van der Waals surface area contributed by atoms with Crippen molar-refractivity contribution in [3.05, 3.63) is 65.7 Å². The molecule has 0 radical (unpaired) electrons. The number of benzene rings is 2. The molecule has 0 bridgehead atoms. The Hall–Kier alpha value is -1.90. The molecule has 0 heterocycles. The number of aliphatic hydroxyl groups excluding tert-OH is 1. The van der Waals surface area contributed by atoms with Gasteiger partial charge in [0.2, 0.25) is 10.0 Å². The summed E-state index contributed by atoms with van der Waals surface area (Å²) in [4.78, 5) is -0.512. The lowest BCUT2D eigenvalue weighted by molar-refractivity contribution is -0.137. The number of halogens is 3. The van der Waals surface area contributed by atoms with E-state index < -0.39 is 39.3 Å². The van der Waals surface area contributed by atoms with Crippen molar-refractivity contribution < 1.29 is 26.7 Å². The Bertz CT molecular complexity index is 761. The molecule has 8 heteroatoms. The Morgan fingerprint density at radius 1 is 1.04 bits per heavy atom. The number of aliphatic hydroxyl groups is 1. The summed E-state index contributed by atoms with van der Waals surface area (Å²) in [5.74, 6) is 0. The first-order chi connectivity index (χ1) is 10.7. The van der Waals surface area contributed by atoms with E-state index in [0.717, 1.165) is 18.2 Å². The predicted octanol–water partition coefficient (Wildman–Crippen LogP) is 2.72. The maximum atomic E-state index is 12.7. The van der Waals surface area contributed by atoms with Crippen LogP contribution in [0.2, 0.25) is 0 Å². The van der Waals surface area contributed by atoms with Crippen molar-refractivity contribution in [3.8, 4) is 0 Å². The Morgan fingerprint density at radius 2 is 1.70 bits per heavy atom. The van der Waals surface area contributed by atoms with Gasteiger partial charge in [-0.05, 0) is 23.8 Å². The molecule has 4 nitrogen and oxygen atoms in total. The smallest absolute Gasteiger partial charge is 0.394 e. The molecule has 2 N–H and O–H groups in total. The van der Waals surface area contributed by atoms with Crippen LogP contribution in [0.3, 0.4) is 0 Å². The molecule has 23 heavy (non-hydrogen) atoms. The first kappa shape index (κ1) is 17.5. The zero-order chi connectivity index (χ0) is 17.1. The van der Waals surface area contributed by atoms with Gasteiger partial charge in [-0.25, -0.2) is 13.1 Å². The standard InChI is InChI=1S/C15H14F3NO3S/c16-15(17,18)12-7-4-8-13(9-12)23(21,22)19-14(10-20)11-5-2-1-3-6-11/h1-9,14,19-20H,10H2. The van der Waals surface area contributed by atoms with E-state index in [1.807, 2.05) is 0 Å². The van der Waals surface area contributed by atoms with Crippen molar-refractivity contribution in [2.45, 2.75) is 17.1 Å². The van der Waals surface area contributed by atoms with Crippen molar-refractivity contribution in [2.75, 3.05) is 6.61 Å². The maximum absolute atomic E-state index is 12.7. The first-order valence-electron chi connectivity index (χ1n) is 6.59. The van der Waals surface area contributed by atoms with Crippen LogP contribution in [0.4, 0.5) is 13.2 Å². The third-order valence-corrected chi connectivity index (χ3v) is 4.62. The van der Waals surface area contributed by atoms with E-state index in [9.17, 15) is 26.7 Å². The van der Waals surface area contributed by atoms with Crippen LogP contribution in [0.15, 0.2) is 59.5 Å². The highest BCUT2D eigenvalue weighted by Crippen LogP contribution is 2.30. The van der Waals surface area contributed by atoms with E-state index in [4.69, 9.17) is 0 Å². The minimum absolute atomic E-state index is 0.505. The number of hydrogen-bond acceptors (Lipinski definition) is 3. The van der Waals surface area contributed by atoms with Crippen LogP contribution in [-0.4, -0.2) is 20.1 Å². The maximum Gasteiger partial charge on any atom is 0.416 e. The number of alkyl halides is 3. The molecule has 0 fully saturated rings. The number of sulfonamides is 1. The highest BCUT2D eigenvalue weighted by atomic mass is 32.2. The van der Waals surface area contributed by atoms with E-state index in [-0.39, 0.29) is 0 Å². The molecule has 0 aliphatic rings. The van der Waals surface area contributed by atoms with Gasteiger partial charge < -0.3 is 5.11 Å². The molecule has 2 rings (SSSR count). The van der Waals surface area contributed by atoms with Crippen LogP contribution in [0, 0.1) is 0 Å². The topological polar surface area (TPSA) is 66.4 Å². The van der Waals surface area contributed by atoms with Crippen molar-refractivity contribution in [1.82, 2.24) is 4.72 Å². The SMILES string of the molecule is O=S(=O)(NC(CO)c1ccccc1)c1cccc(C(F)(F)F)c1. The predicted molar refractivity (Wildman–Crippen MR) is 78.0 cm³/mol. The van der Waals surface area contributed by atoms with Gasteiger partial charge in [0, 0.05) is 0 Å². The molecule has 1 unspecified atom stereocenters. The summed E-state index contributed by atoms with van der Waals surface area (Å²) in [6, 6.07) is 10.7. The molecule has 0 saturated heterocycles. The fraction of sp³-hybridized carbons (Fsp3) is 0.200. The van der Waals surface area contributed by atoms with Gasteiger partial charge in [0.1, 0.15) is 0 Å². The van der Waals surface area contributed by atoms with E-state index >= 15 is 0 Å². The zero-order valence-corrected chi connectivity index (χ0v) is 12.6. The second kappa shape index (κ2) is 6.69. The van der Waals surface area contributed by atoms with E-state index in [2.05, 4.69) is 4.72 Å². The molecule has 2 aromatic rings. The minimum Gasteiger partial charge on any atom is -0.394 e. The van der Waals surface area contributed by atoms with Gasteiger partial charge in [0.15, 0.2) is 0 Å².